The SMILES string of the molecule is C#CC(I)C1(Cl)C=CC=CC1OC(N)=O. The van der Waals surface area contributed by atoms with E-state index in [4.69, 9.17) is 28.5 Å². The summed E-state index contributed by atoms with van der Waals surface area (Å²) in [4.78, 5) is 9.76. The van der Waals surface area contributed by atoms with Crippen LogP contribution in [0.25, 0.3) is 0 Å². The van der Waals surface area contributed by atoms with Gasteiger partial charge < -0.3 is 10.5 Å². The molecule has 1 aliphatic rings. The number of hydrogen-bond acceptors (Lipinski definition) is 2. The molecule has 1 aliphatic carbocycles. The van der Waals surface area contributed by atoms with E-state index in [0.717, 1.165) is 0 Å². The summed E-state index contributed by atoms with van der Waals surface area (Å²) >= 11 is 8.33. The molecule has 0 aromatic carbocycles. The zero-order chi connectivity index (χ0) is 11.5. The van der Waals surface area contributed by atoms with Crippen LogP contribution in [0.1, 0.15) is 0 Å². The van der Waals surface area contributed by atoms with E-state index in [2.05, 4.69) is 5.92 Å². The molecule has 3 unspecified atom stereocenters. The Balaban J connectivity index is 2.94. The van der Waals surface area contributed by atoms with E-state index in [9.17, 15) is 4.79 Å². The third-order valence-electron chi connectivity index (χ3n) is 1.96. The van der Waals surface area contributed by atoms with Gasteiger partial charge in [-0.25, -0.2) is 4.79 Å². The van der Waals surface area contributed by atoms with Gasteiger partial charge in [0.2, 0.25) is 0 Å². The second-order valence-corrected chi connectivity index (χ2v) is 4.86. The Labute approximate surface area is 107 Å². The number of ether oxygens (including phenoxy) is 1. The maximum Gasteiger partial charge on any atom is 0.405 e. The zero-order valence-electron chi connectivity index (χ0n) is 7.69. The fraction of sp³-hybridized carbons (Fsp3) is 0.300. The molecule has 0 spiro atoms. The highest BCUT2D eigenvalue weighted by Crippen LogP contribution is 2.35. The topological polar surface area (TPSA) is 52.3 Å². The molecule has 1 rings (SSSR count). The first kappa shape index (κ1) is 12.4. The molecule has 0 saturated carbocycles. The first-order chi connectivity index (χ1) is 7.00. The predicted octanol–water partition coefficient (Wildman–Crippen LogP) is 1.99. The number of carbonyl (C=O) groups is 1. The standard InChI is InChI=1S/C10H9ClINO2/c1-2-7(12)10(11)6-4-3-5-8(10)15-9(13)14/h1,3-8H,(H2,13,14). The lowest BCUT2D eigenvalue weighted by Gasteiger charge is -2.33. The van der Waals surface area contributed by atoms with Gasteiger partial charge in [-0.2, -0.15) is 0 Å². The van der Waals surface area contributed by atoms with Gasteiger partial charge in [0.15, 0.2) is 0 Å². The Bertz CT molecular complexity index is 361. The van der Waals surface area contributed by atoms with Gasteiger partial charge >= 0.3 is 6.09 Å². The highest BCUT2D eigenvalue weighted by atomic mass is 127. The van der Waals surface area contributed by atoms with Crippen molar-refractivity contribution in [3.05, 3.63) is 24.3 Å². The van der Waals surface area contributed by atoms with Crippen LogP contribution in [0.15, 0.2) is 24.3 Å². The van der Waals surface area contributed by atoms with E-state index >= 15 is 0 Å². The second kappa shape index (κ2) is 4.90. The van der Waals surface area contributed by atoms with Crippen molar-refractivity contribution in [1.29, 1.82) is 0 Å². The Morgan fingerprint density at radius 3 is 2.93 bits per heavy atom. The number of allylic oxidation sites excluding steroid dienone is 2. The lowest BCUT2D eigenvalue weighted by atomic mass is 9.93. The summed E-state index contributed by atoms with van der Waals surface area (Å²) in [5, 5.41) is 0. The molecule has 0 aliphatic heterocycles. The van der Waals surface area contributed by atoms with Crippen LogP contribution in [0.4, 0.5) is 4.79 Å². The summed E-state index contributed by atoms with van der Waals surface area (Å²) in [6, 6.07) is 0. The summed E-state index contributed by atoms with van der Waals surface area (Å²) in [5.74, 6) is 2.52. The largest absolute Gasteiger partial charge is 0.440 e. The van der Waals surface area contributed by atoms with Crippen molar-refractivity contribution in [2.45, 2.75) is 14.9 Å². The zero-order valence-corrected chi connectivity index (χ0v) is 10.6. The Morgan fingerprint density at radius 2 is 2.40 bits per heavy atom. The Morgan fingerprint density at radius 1 is 1.73 bits per heavy atom. The predicted molar refractivity (Wildman–Crippen MR) is 68.0 cm³/mol. The fourth-order valence-corrected chi connectivity index (χ4v) is 2.04. The van der Waals surface area contributed by atoms with Crippen molar-refractivity contribution < 1.29 is 9.53 Å². The van der Waals surface area contributed by atoms with Gasteiger partial charge in [-0.3, -0.25) is 0 Å². The minimum absolute atomic E-state index is 0.303. The summed E-state index contributed by atoms with van der Waals surface area (Å²) in [6.07, 6.45) is 10.7. The molecular formula is C10H9ClINO2. The van der Waals surface area contributed by atoms with Crippen molar-refractivity contribution in [1.82, 2.24) is 0 Å². The molecule has 0 bridgehead atoms. The second-order valence-electron chi connectivity index (χ2n) is 2.96. The molecule has 0 heterocycles. The van der Waals surface area contributed by atoms with Gasteiger partial charge in [0.25, 0.3) is 0 Å². The van der Waals surface area contributed by atoms with Crippen molar-refractivity contribution >= 4 is 40.3 Å². The van der Waals surface area contributed by atoms with E-state index in [-0.39, 0.29) is 3.92 Å². The molecule has 5 heteroatoms. The first-order valence-corrected chi connectivity index (χ1v) is 5.74. The smallest absolute Gasteiger partial charge is 0.405 e. The molecule has 1 amide bonds. The number of nitrogens with two attached hydrogens (primary N) is 1. The van der Waals surface area contributed by atoms with Crippen LogP contribution in [-0.4, -0.2) is 21.0 Å². The van der Waals surface area contributed by atoms with E-state index in [1.165, 1.54) is 0 Å². The van der Waals surface area contributed by atoms with E-state index < -0.39 is 17.1 Å². The molecule has 0 fully saturated rings. The normalized spacial score (nSPS) is 30.6. The third-order valence-corrected chi connectivity index (χ3v) is 4.28. The highest BCUT2D eigenvalue weighted by molar-refractivity contribution is 14.1. The highest BCUT2D eigenvalue weighted by Gasteiger charge is 2.42. The first-order valence-electron chi connectivity index (χ1n) is 4.12. The average Bonchev–Trinajstić information content (AvgIpc) is 2.20. The quantitative estimate of drug-likeness (QED) is 0.476. The molecule has 2 N–H and O–H groups in total. The van der Waals surface area contributed by atoms with Gasteiger partial charge in [0, 0.05) is 0 Å². The van der Waals surface area contributed by atoms with Gasteiger partial charge in [-0.05, 0) is 6.08 Å². The Hall–Kier alpha value is -0.670. The number of terminal acetylenes is 1. The molecule has 15 heavy (non-hydrogen) atoms. The number of primary amides is 1. The number of carbonyl (C=O) groups excluding carboxylic acids is 1. The van der Waals surface area contributed by atoms with Crippen LogP contribution in [0.5, 0.6) is 0 Å². The summed E-state index contributed by atoms with van der Waals surface area (Å²) in [6.45, 7) is 0. The van der Waals surface area contributed by atoms with Gasteiger partial charge in [0.1, 0.15) is 11.0 Å². The molecule has 0 aromatic rings. The number of rotatable bonds is 2. The number of alkyl halides is 2. The van der Waals surface area contributed by atoms with Crippen molar-refractivity contribution in [2.24, 2.45) is 5.73 Å². The van der Waals surface area contributed by atoms with E-state index in [1.807, 2.05) is 22.6 Å². The number of hydrogen-bond donors (Lipinski definition) is 1. The molecule has 0 aromatic heterocycles. The maximum absolute atomic E-state index is 10.7. The molecule has 0 saturated heterocycles. The summed E-state index contributed by atoms with van der Waals surface area (Å²) in [5.41, 5.74) is 4.95. The number of halogens is 2. The van der Waals surface area contributed by atoms with Gasteiger partial charge in [-0.15, -0.1) is 18.0 Å². The number of amides is 1. The monoisotopic (exact) mass is 337 g/mol. The van der Waals surface area contributed by atoms with Crippen LogP contribution < -0.4 is 5.73 Å². The maximum atomic E-state index is 10.7. The van der Waals surface area contributed by atoms with Crippen LogP contribution in [0, 0.1) is 12.3 Å². The summed E-state index contributed by atoms with van der Waals surface area (Å²) in [7, 11) is 0. The summed E-state index contributed by atoms with van der Waals surface area (Å²) < 4.78 is 4.59. The van der Waals surface area contributed by atoms with Gasteiger partial charge in [0.05, 0.1) is 3.92 Å². The van der Waals surface area contributed by atoms with E-state index in [0.29, 0.717) is 0 Å². The van der Waals surface area contributed by atoms with Crippen molar-refractivity contribution in [3.63, 3.8) is 0 Å². The lowest BCUT2D eigenvalue weighted by molar-refractivity contribution is 0.117. The molecule has 0 radical (unpaired) electrons. The van der Waals surface area contributed by atoms with E-state index in [1.54, 1.807) is 24.3 Å². The molecule has 3 nitrogen and oxygen atoms in total. The van der Waals surface area contributed by atoms with Crippen LogP contribution >= 0.6 is 34.2 Å². The minimum atomic E-state index is -0.931. The molecule has 80 valence electrons. The van der Waals surface area contributed by atoms with Crippen LogP contribution in [-0.2, 0) is 4.74 Å². The average molecular weight is 338 g/mol. The van der Waals surface area contributed by atoms with Crippen molar-refractivity contribution in [2.75, 3.05) is 0 Å². The van der Waals surface area contributed by atoms with Crippen LogP contribution in [0.3, 0.4) is 0 Å². The third kappa shape index (κ3) is 2.67. The van der Waals surface area contributed by atoms with Crippen molar-refractivity contribution in [3.8, 4) is 12.3 Å². The Kier molecular flexibility index (Phi) is 4.05. The fourth-order valence-electron chi connectivity index (χ4n) is 1.22. The molecular weight excluding hydrogens is 328 g/mol. The van der Waals surface area contributed by atoms with Gasteiger partial charge in [-0.1, -0.05) is 46.7 Å². The molecule has 3 atom stereocenters. The minimum Gasteiger partial charge on any atom is -0.440 e. The van der Waals surface area contributed by atoms with Crippen LogP contribution in [0.2, 0.25) is 0 Å². The lowest BCUT2D eigenvalue weighted by Crippen LogP contribution is -2.45.